The van der Waals surface area contributed by atoms with E-state index in [2.05, 4.69) is 5.32 Å². The Kier molecular flexibility index (Phi) is 4.56. The van der Waals surface area contributed by atoms with Crippen LogP contribution in [0.25, 0.3) is 0 Å². The first-order chi connectivity index (χ1) is 9.72. The van der Waals surface area contributed by atoms with Gasteiger partial charge in [-0.15, -0.1) is 0 Å². The second-order valence-corrected chi connectivity index (χ2v) is 4.24. The van der Waals surface area contributed by atoms with Crippen LogP contribution in [0, 0.1) is 17.1 Å². The molecule has 0 heterocycles. The van der Waals surface area contributed by atoms with Crippen molar-refractivity contribution in [1.82, 2.24) is 0 Å². The number of nitriles is 1. The molecule has 4 heteroatoms. The molecule has 0 unspecified atom stereocenters. The number of nitrogens with zero attached hydrogens (tertiary/aromatic N) is 1. The number of hydrogen-bond donors (Lipinski definition) is 1. The fourth-order valence-corrected chi connectivity index (χ4v) is 1.91. The standard InChI is InChI=1S/C16H15FN2O/c1-2-20-16-6-4-3-5-15(16)19-11-13-7-12(10-18)8-14(17)9-13/h3-9,19H,2,11H2,1H3. The van der Waals surface area contributed by atoms with E-state index in [1.165, 1.54) is 12.1 Å². The molecule has 1 N–H and O–H groups in total. The molecule has 0 amide bonds. The molecule has 0 atom stereocenters. The van der Waals surface area contributed by atoms with Crippen LogP contribution in [0.2, 0.25) is 0 Å². The molecular formula is C16H15FN2O. The fourth-order valence-electron chi connectivity index (χ4n) is 1.91. The lowest BCUT2D eigenvalue weighted by Crippen LogP contribution is -2.03. The van der Waals surface area contributed by atoms with Gasteiger partial charge in [0.2, 0.25) is 0 Å². The maximum atomic E-state index is 13.3. The molecule has 0 fully saturated rings. The maximum Gasteiger partial charge on any atom is 0.142 e. The molecule has 0 radical (unpaired) electrons. The van der Waals surface area contributed by atoms with Crippen molar-refractivity contribution in [3.63, 3.8) is 0 Å². The summed E-state index contributed by atoms with van der Waals surface area (Å²) in [7, 11) is 0. The summed E-state index contributed by atoms with van der Waals surface area (Å²) in [6.45, 7) is 2.93. The number of benzene rings is 2. The molecule has 0 spiro atoms. The number of nitrogens with one attached hydrogen (secondary N) is 1. The minimum atomic E-state index is -0.404. The van der Waals surface area contributed by atoms with Crippen LogP contribution < -0.4 is 10.1 Å². The van der Waals surface area contributed by atoms with Gasteiger partial charge in [-0.25, -0.2) is 4.39 Å². The van der Waals surface area contributed by atoms with Crippen LogP contribution in [0.5, 0.6) is 5.75 Å². The largest absolute Gasteiger partial charge is 0.492 e. The first-order valence-electron chi connectivity index (χ1n) is 6.38. The van der Waals surface area contributed by atoms with E-state index < -0.39 is 5.82 Å². The van der Waals surface area contributed by atoms with E-state index >= 15 is 0 Å². The fraction of sp³-hybridized carbons (Fsp3) is 0.188. The van der Waals surface area contributed by atoms with Crippen molar-refractivity contribution in [2.45, 2.75) is 13.5 Å². The monoisotopic (exact) mass is 270 g/mol. The number of ether oxygens (including phenoxy) is 1. The first kappa shape index (κ1) is 13.9. The molecule has 2 rings (SSSR count). The van der Waals surface area contributed by atoms with Gasteiger partial charge in [-0.1, -0.05) is 12.1 Å². The normalized spacial score (nSPS) is 9.85. The number of para-hydroxylation sites is 2. The molecule has 0 aromatic heterocycles. The van der Waals surface area contributed by atoms with E-state index in [0.717, 1.165) is 11.4 Å². The highest BCUT2D eigenvalue weighted by Gasteiger charge is 2.04. The quantitative estimate of drug-likeness (QED) is 0.900. The van der Waals surface area contributed by atoms with Crippen molar-refractivity contribution in [1.29, 1.82) is 5.26 Å². The van der Waals surface area contributed by atoms with Gasteiger partial charge in [0.05, 0.1) is 23.9 Å². The molecular weight excluding hydrogens is 255 g/mol. The minimum absolute atomic E-state index is 0.319. The molecule has 0 saturated carbocycles. The van der Waals surface area contributed by atoms with Crippen LogP contribution in [-0.4, -0.2) is 6.61 Å². The average Bonchev–Trinajstić information content (AvgIpc) is 2.46. The molecule has 0 bridgehead atoms. The summed E-state index contributed by atoms with van der Waals surface area (Å²) < 4.78 is 18.8. The zero-order valence-electron chi connectivity index (χ0n) is 11.2. The van der Waals surface area contributed by atoms with Crippen molar-refractivity contribution in [2.75, 3.05) is 11.9 Å². The summed E-state index contributed by atoms with van der Waals surface area (Å²) in [5.41, 5.74) is 1.88. The summed E-state index contributed by atoms with van der Waals surface area (Å²) in [5, 5.41) is 12.0. The summed E-state index contributed by atoms with van der Waals surface area (Å²) in [5.74, 6) is 0.353. The lowest BCUT2D eigenvalue weighted by Gasteiger charge is -2.12. The van der Waals surface area contributed by atoms with Crippen LogP contribution in [0.3, 0.4) is 0 Å². The first-order valence-corrected chi connectivity index (χ1v) is 6.38. The second kappa shape index (κ2) is 6.58. The van der Waals surface area contributed by atoms with Gasteiger partial charge < -0.3 is 10.1 Å². The third-order valence-electron chi connectivity index (χ3n) is 2.76. The SMILES string of the molecule is CCOc1ccccc1NCc1cc(F)cc(C#N)c1. The van der Waals surface area contributed by atoms with E-state index in [-0.39, 0.29) is 0 Å². The molecule has 20 heavy (non-hydrogen) atoms. The molecule has 102 valence electrons. The van der Waals surface area contributed by atoms with E-state index in [1.807, 2.05) is 37.3 Å². The Balaban J connectivity index is 2.13. The van der Waals surface area contributed by atoms with Gasteiger partial charge in [-0.05, 0) is 42.8 Å². The van der Waals surface area contributed by atoms with Gasteiger partial charge in [-0.3, -0.25) is 0 Å². The summed E-state index contributed by atoms with van der Waals surface area (Å²) in [6.07, 6.45) is 0. The molecule has 0 aliphatic heterocycles. The Hall–Kier alpha value is -2.54. The number of rotatable bonds is 5. The van der Waals surface area contributed by atoms with Gasteiger partial charge in [0.1, 0.15) is 11.6 Å². The smallest absolute Gasteiger partial charge is 0.142 e. The summed E-state index contributed by atoms with van der Waals surface area (Å²) >= 11 is 0. The summed E-state index contributed by atoms with van der Waals surface area (Å²) in [6, 6.07) is 13.8. The van der Waals surface area contributed by atoms with Crippen LogP contribution in [0.4, 0.5) is 10.1 Å². The molecule has 0 aliphatic rings. The van der Waals surface area contributed by atoms with Gasteiger partial charge >= 0.3 is 0 Å². The van der Waals surface area contributed by atoms with Gasteiger partial charge in [-0.2, -0.15) is 5.26 Å². The highest BCUT2D eigenvalue weighted by atomic mass is 19.1. The Labute approximate surface area is 117 Å². The molecule has 0 saturated heterocycles. The second-order valence-electron chi connectivity index (χ2n) is 4.24. The highest BCUT2D eigenvalue weighted by Crippen LogP contribution is 2.24. The van der Waals surface area contributed by atoms with E-state index in [0.29, 0.717) is 24.3 Å². The number of anilines is 1. The van der Waals surface area contributed by atoms with Gasteiger partial charge in [0.15, 0.2) is 0 Å². The van der Waals surface area contributed by atoms with Crippen LogP contribution in [-0.2, 0) is 6.54 Å². The Morgan fingerprint density at radius 2 is 2.05 bits per heavy atom. The molecule has 0 aliphatic carbocycles. The zero-order valence-corrected chi connectivity index (χ0v) is 11.2. The predicted octanol–water partition coefficient (Wildman–Crippen LogP) is 3.71. The van der Waals surface area contributed by atoms with Gasteiger partial charge in [0.25, 0.3) is 0 Å². The van der Waals surface area contributed by atoms with Crippen LogP contribution >= 0.6 is 0 Å². The van der Waals surface area contributed by atoms with Crippen molar-refractivity contribution < 1.29 is 9.13 Å². The van der Waals surface area contributed by atoms with Crippen molar-refractivity contribution in [3.05, 3.63) is 59.4 Å². The Bertz CT molecular complexity index is 635. The number of halogens is 1. The molecule has 2 aromatic carbocycles. The lowest BCUT2D eigenvalue weighted by molar-refractivity contribution is 0.341. The molecule has 2 aromatic rings. The van der Waals surface area contributed by atoms with Crippen LogP contribution in [0.15, 0.2) is 42.5 Å². The van der Waals surface area contributed by atoms with Gasteiger partial charge in [0, 0.05) is 6.54 Å². The van der Waals surface area contributed by atoms with Crippen molar-refractivity contribution in [3.8, 4) is 11.8 Å². The summed E-state index contributed by atoms with van der Waals surface area (Å²) in [4.78, 5) is 0. The van der Waals surface area contributed by atoms with Crippen molar-refractivity contribution in [2.24, 2.45) is 0 Å². The number of hydrogen-bond acceptors (Lipinski definition) is 3. The predicted molar refractivity (Wildman–Crippen MR) is 76.1 cm³/mol. The highest BCUT2D eigenvalue weighted by molar-refractivity contribution is 5.56. The third kappa shape index (κ3) is 3.48. The lowest BCUT2D eigenvalue weighted by atomic mass is 10.1. The molecule has 3 nitrogen and oxygen atoms in total. The van der Waals surface area contributed by atoms with Crippen molar-refractivity contribution >= 4 is 5.69 Å². The third-order valence-corrected chi connectivity index (χ3v) is 2.76. The van der Waals surface area contributed by atoms with E-state index in [9.17, 15) is 4.39 Å². The van der Waals surface area contributed by atoms with Crippen LogP contribution in [0.1, 0.15) is 18.1 Å². The Morgan fingerprint density at radius 1 is 1.25 bits per heavy atom. The topological polar surface area (TPSA) is 45.0 Å². The maximum absolute atomic E-state index is 13.3. The average molecular weight is 270 g/mol. The van der Waals surface area contributed by atoms with E-state index in [1.54, 1.807) is 6.07 Å². The Morgan fingerprint density at radius 3 is 2.80 bits per heavy atom. The minimum Gasteiger partial charge on any atom is -0.492 e. The zero-order chi connectivity index (χ0) is 14.4. The van der Waals surface area contributed by atoms with E-state index in [4.69, 9.17) is 10.00 Å².